The van der Waals surface area contributed by atoms with Crippen LogP contribution in [-0.2, 0) is 16.0 Å². The second-order valence-electron chi connectivity index (χ2n) is 6.43. The molecule has 1 atom stereocenters. The average molecular weight is 449 g/mol. The largest absolute Gasteiger partial charge is 0.483 e. The van der Waals surface area contributed by atoms with Gasteiger partial charge in [-0.05, 0) is 71.9 Å². The van der Waals surface area contributed by atoms with Crippen LogP contribution >= 0.6 is 15.9 Å². The van der Waals surface area contributed by atoms with Crippen molar-refractivity contribution in [1.29, 1.82) is 0 Å². The van der Waals surface area contributed by atoms with Crippen LogP contribution in [0.4, 0.5) is 0 Å². The number of benzene rings is 2. The van der Waals surface area contributed by atoms with Crippen LogP contribution in [-0.4, -0.2) is 24.5 Å². The molecule has 0 heterocycles. The Morgan fingerprint density at radius 2 is 1.79 bits per heavy atom. The quantitative estimate of drug-likeness (QED) is 0.634. The minimum absolute atomic E-state index is 0.226. The number of aryl methyl sites for hydroxylation is 3. The van der Waals surface area contributed by atoms with Gasteiger partial charge >= 0.3 is 0 Å². The van der Waals surface area contributed by atoms with Gasteiger partial charge in [0.1, 0.15) is 11.5 Å². The Kier molecular flexibility index (Phi) is 7.87. The highest BCUT2D eigenvalue weighted by Crippen LogP contribution is 2.26. The Balaban J connectivity index is 1.81. The number of carbonyl (C=O) groups is 2. The highest BCUT2D eigenvalue weighted by Gasteiger charge is 2.17. The van der Waals surface area contributed by atoms with Gasteiger partial charge in [-0.3, -0.25) is 20.4 Å². The minimum Gasteiger partial charge on any atom is -0.483 e. The van der Waals surface area contributed by atoms with Crippen LogP contribution in [0.15, 0.2) is 40.9 Å². The summed E-state index contributed by atoms with van der Waals surface area (Å²) in [5, 5.41) is 0. The van der Waals surface area contributed by atoms with Crippen LogP contribution in [0.2, 0.25) is 0 Å². The molecule has 0 aliphatic heterocycles. The lowest BCUT2D eigenvalue weighted by Crippen LogP contribution is -2.48. The van der Waals surface area contributed by atoms with Gasteiger partial charge in [0, 0.05) is 0 Å². The van der Waals surface area contributed by atoms with Crippen LogP contribution in [0.1, 0.15) is 30.5 Å². The molecule has 0 aliphatic carbocycles. The summed E-state index contributed by atoms with van der Waals surface area (Å²) in [4.78, 5) is 24.1. The van der Waals surface area contributed by atoms with E-state index in [-0.39, 0.29) is 6.61 Å². The third-order valence-electron chi connectivity index (χ3n) is 4.16. The van der Waals surface area contributed by atoms with E-state index in [9.17, 15) is 9.59 Å². The lowest BCUT2D eigenvalue weighted by atomic mass is 10.1. The fourth-order valence-corrected chi connectivity index (χ4v) is 3.05. The summed E-state index contributed by atoms with van der Waals surface area (Å²) < 4.78 is 12.0. The number of hydrazine groups is 1. The van der Waals surface area contributed by atoms with Crippen molar-refractivity contribution in [3.8, 4) is 11.5 Å². The molecule has 2 amide bonds. The van der Waals surface area contributed by atoms with E-state index in [0.29, 0.717) is 11.5 Å². The number of para-hydroxylation sites is 1. The zero-order chi connectivity index (χ0) is 20.7. The molecule has 2 aromatic carbocycles. The Morgan fingerprint density at radius 1 is 1.11 bits per heavy atom. The summed E-state index contributed by atoms with van der Waals surface area (Å²) in [5.41, 5.74) is 7.73. The summed E-state index contributed by atoms with van der Waals surface area (Å²) in [6.45, 7) is 7.28. The van der Waals surface area contributed by atoms with Crippen molar-refractivity contribution in [2.24, 2.45) is 0 Å². The normalized spacial score (nSPS) is 11.5. The third kappa shape index (κ3) is 5.99. The van der Waals surface area contributed by atoms with Gasteiger partial charge in [0.15, 0.2) is 12.7 Å². The molecular formula is C21H25BrN2O4. The number of nitrogens with one attached hydrogen (secondary N) is 2. The molecule has 0 spiro atoms. The first-order valence-corrected chi connectivity index (χ1v) is 9.84. The zero-order valence-corrected chi connectivity index (χ0v) is 18.1. The van der Waals surface area contributed by atoms with Crippen molar-refractivity contribution in [1.82, 2.24) is 10.9 Å². The van der Waals surface area contributed by atoms with Gasteiger partial charge in [0.2, 0.25) is 0 Å². The number of halogens is 1. The lowest BCUT2D eigenvalue weighted by Gasteiger charge is -2.18. The van der Waals surface area contributed by atoms with E-state index >= 15 is 0 Å². The van der Waals surface area contributed by atoms with Crippen molar-refractivity contribution in [3.05, 3.63) is 57.6 Å². The van der Waals surface area contributed by atoms with E-state index in [1.54, 1.807) is 13.0 Å². The molecule has 150 valence electrons. The van der Waals surface area contributed by atoms with E-state index in [4.69, 9.17) is 9.47 Å². The van der Waals surface area contributed by atoms with Crippen molar-refractivity contribution >= 4 is 27.7 Å². The van der Waals surface area contributed by atoms with Crippen LogP contribution < -0.4 is 20.3 Å². The summed E-state index contributed by atoms with van der Waals surface area (Å²) in [5.74, 6) is 0.300. The number of rotatable bonds is 7. The minimum atomic E-state index is -0.767. The van der Waals surface area contributed by atoms with Gasteiger partial charge in [0.05, 0.1) is 4.47 Å². The number of carbonyl (C=O) groups excluding carboxylic acids is 2. The van der Waals surface area contributed by atoms with Crippen LogP contribution in [0.3, 0.4) is 0 Å². The fraction of sp³-hybridized carbons (Fsp3) is 0.333. The predicted octanol–water partition coefficient (Wildman–Crippen LogP) is 3.62. The zero-order valence-electron chi connectivity index (χ0n) is 16.5. The van der Waals surface area contributed by atoms with Gasteiger partial charge in [-0.15, -0.1) is 0 Å². The predicted molar refractivity (Wildman–Crippen MR) is 111 cm³/mol. The summed E-state index contributed by atoms with van der Waals surface area (Å²) in [6, 6.07) is 11.4. The molecule has 7 heteroatoms. The van der Waals surface area contributed by atoms with Gasteiger partial charge in [0.25, 0.3) is 11.8 Å². The Labute approximate surface area is 173 Å². The molecule has 1 unspecified atom stereocenters. The molecule has 0 radical (unpaired) electrons. The first kappa shape index (κ1) is 21.8. The van der Waals surface area contributed by atoms with Crippen molar-refractivity contribution in [3.63, 3.8) is 0 Å². The molecule has 0 bridgehead atoms. The first-order chi connectivity index (χ1) is 13.3. The Hall–Kier alpha value is -2.54. The summed E-state index contributed by atoms with van der Waals surface area (Å²) in [7, 11) is 0. The van der Waals surface area contributed by atoms with Crippen molar-refractivity contribution < 1.29 is 19.1 Å². The van der Waals surface area contributed by atoms with Crippen molar-refractivity contribution in [2.45, 2.75) is 40.2 Å². The first-order valence-electron chi connectivity index (χ1n) is 9.04. The standard InChI is InChI=1S/C21H25BrN2O4/c1-5-16-9-10-18(17(22)11-16)27-12-19(25)23-24-21(26)15(4)28-20-13(2)7-6-8-14(20)3/h6-11,15H,5,12H2,1-4H3,(H,23,25)(H,24,26). The molecule has 0 aliphatic rings. The van der Waals surface area contributed by atoms with E-state index in [2.05, 4.69) is 33.7 Å². The Bertz CT molecular complexity index is 834. The molecule has 28 heavy (non-hydrogen) atoms. The third-order valence-corrected chi connectivity index (χ3v) is 4.78. The maximum atomic E-state index is 12.2. The van der Waals surface area contributed by atoms with Crippen molar-refractivity contribution in [2.75, 3.05) is 6.61 Å². The summed E-state index contributed by atoms with van der Waals surface area (Å²) in [6.07, 6.45) is 0.144. The van der Waals surface area contributed by atoms with Gasteiger partial charge in [-0.25, -0.2) is 0 Å². The monoisotopic (exact) mass is 448 g/mol. The smallest absolute Gasteiger partial charge is 0.279 e. The lowest BCUT2D eigenvalue weighted by molar-refractivity contribution is -0.133. The molecule has 0 saturated heterocycles. The maximum absolute atomic E-state index is 12.2. The average Bonchev–Trinajstić information content (AvgIpc) is 2.67. The molecular weight excluding hydrogens is 424 g/mol. The van der Waals surface area contributed by atoms with E-state index < -0.39 is 17.9 Å². The van der Waals surface area contributed by atoms with E-state index in [1.165, 1.54) is 0 Å². The highest BCUT2D eigenvalue weighted by molar-refractivity contribution is 9.10. The van der Waals surface area contributed by atoms with Gasteiger partial charge in [-0.2, -0.15) is 0 Å². The maximum Gasteiger partial charge on any atom is 0.279 e. The molecule has 2 aromatic rings. The molecule has 0 saturated carbocycles. The van der Waals surface area contributed by atoms with Gasteiger partial charge < -0.3 is 9.47 Å². The van der Waals surface area contributed by atoms with Gasteiger partial charge in [-0.1, -0.05) is 31.2 Å². The molecule has 0 aromatic heterocycles. The number of hydrogen-bond acceptors (Lipinski definition) is 4. The number of amides is 2. The van der Waals surface area contributed by atoms with Crippen LogP contribution in [0.25, 0.3) is 0 Å². The molecule has 2 rings (SSSR count). The van der Waals surface area contributed by atoms with E-state index in [0.717, 1.165) is 27.6 Å². The topological polar surface area (TPSA) is 76.7 Å². The fourth-order valence-electron chi connectivity index (χ4n) is 2.51. The molecule has 0 fully saturated rings. The SMILES string of the molecule is CCc1ccc(OCC(=O)NNC(=O)C(C)Oc2c(C)cccc2C)c(Br)c1. The highest BCUT2D eigenvalue weighted by atomic mass is 79.9. The number of ether oxygens (including phenoxy) is 2. The Morgan fingerprint density at radius 3 is 2.39 bits per heavy atom. The van der Waals surface area contributed by atoms with Crippen LogP contribution in [0.5, 0.6) is 11.5 Å². The van der Waals surface area contributed by atoms with Crippen LogP contribution in [0, 0.1) is 13.8 Å². The molecule has 2 N–H and O–H groups in total. The second kappa shape index (κ2) is 10.1. The summed E-state index contributed by atoms with van der Waals surface area (Å²) >= 11 is 3.42. The van der Waals surface area contributed by atoms with E-state index in [1.807, 2.05) is 44.2 Å². The molecule has 6 nitrogen and oxygen atoms in total. The second-order valence-corrected chi connectivity index (χ2v) is 7.28. The number of hydrogen-bond donors (Lipinski definition) is 2.